The van der Waals surface area contributed by atoms with E-state index in [1.165, 1.54) is 21.5 Å². The smallest absolute Gasteiger partial charge is 0.188 e. The van der Waals surface area contributed by atoms with Gasteiger partial charge in [-0.3, -0.25) is 0 Å². The summed E-state index contributed by atoms with van der Waals surface area (Å²) < 4.78 is 7.02. The van der Waals surface area contributed by atoms with Crippen LogP contribution in [0.3, 0.4) is 0 Å². The predicted molar refractivity (Wildman–Crippen MR) is 226 cm³/mol. The van der Waals surface area contributed by atoms with Gasteiger partial charge in [0.2, 0.25) is 0 Å². The van der Waals surface area contributed by atoms with Crippen molar-refractivity contribution in [1.29, 1.82) is 5.26 Å². The minimum atomic E-state index is 0.589. The Labute approximate surface area is 316 Å². The van der Waals surface area contributed by atoms with E-state index in [1.807, 2.05) is 42.5 Å². The summed E-state index contributed by atoms with van der Waals surface area (Å²) >= 11 is 0. The molecule has 254 valence electrons. The topological polar surface area (TPSA) is 42.9 Å². The molecule has 0 unspecified atom stereocenters. The molecule has 11 rings (SSSR count). The van der Waals surface area contributed by atoms with Gasteiger partial charge in [0, 0.05) is 38.2 Å². The molecule has 0 saturated heterocycles. The van der Waals surface area contributed by atoms with E-state index in [9.17, 15) is 5.26 Å². The minimum Gasteiger partial charge on any atom is -0.309 e. The van der Waals surface area contributed by atoms with Gasteiger partial charge in [0.15, 0.2) is 5.69 Å². The first-order chi connectivity index (χ1) is 27.2. The maximum atomic E-state index is 10.6. The second kappa shape index (κ2) is 11.8. The summed E-state index contributed by atoms with van der Waals surface area (Å²) in [5.74, 6) is 0. The van der Waals surface area contributed by atoms with Gasteiger partial charge < -0.3 is 13.7 Å². The molecule has 8 aromatic carbocycles. The number of para-hydroxylation sites is 5. The number of hydrogen-bond acceptors (Lipinski definition) is 1. The summed E-state index contributed by atoms with van der Waals surface area (Å²) in [6.45, 7) is 7.68. The number of aromatic nitrogens is 3. The second-order valence-corrected chi connectivity index (χ2v) is 13.9. The zero-order chi connectivity index (χ0) is 36.6. The summed E-state index contributed by atoms with van der Waals surface area (Å²) in [5, 5.41) is 17.5. The lowest BCUT2D eigenvalue weighted by Crippen LogP contribution is -2.02. The Kier molecular flexibility index (Phi) is 6.61. The van der Waals surface area contributed by atoms with Crippen molar-refractivity contribution in [2.24, 2.45) is 0 Å². The van der Waals surface area contributed by atoms with E-state index in [-0.39, 0.29) is 0 Å². The van der Waals surface area contributed by atoms with Gasteiger partial charge in [0.05, 0.1) is 62.7 Å². The Bertz CT molecular complexity index is 3420. The third-order valence-corrected chi connectivity index (χ3v) is 11.1. The van der Waals surface area contributed by atoms with Crippen molar-refractivity contribution >= 4 is 71.1 Å². The Balaban J connectivity index is 1.21. The fraction of sp³-hybridized carbons (Fsp3) is 0. The van der Waals surface area contributed by atoms with E-state index in [2.05, 4.69) is 158 Å². The number of nitrogens with zero attached hydrogens (tertiary/aromatic N) is 5. The molecule has 0 aliphatic rings. The zero-order valence-electron chi connectivity index (χ0n) is 29.5. The Hall–Kier alpha value is -7.86. The lowest BCUT2D eigenvalue weighted by Gasteiger charge is -2.18. The standard InChI is InChI=1S/C50H29N5/c1-52-34-27-28-46-41(30-34)39-19-5-9-24-45(39)54(46)47-25-11-14-33(31-51)49(47)32-13-10-15-35(29-32)53-42-21-6-4-18-38(42)40-20-12-26-48(50(40)53)55-43-22-7-2-16-36(43)37-17-3-8-23-44(37)55/h2-30H. The quantitative estimate of drug-likeness (QED) is 0.169. The maximum Gasteiger partial charge on any atom is 0.188 e. The Morgan fingerprint density at radius 3 is 1.60 bits per heavy atom. The fourth-order valence-electron chi connectivity index (χ4n) is 8.84. The summed E-state index contributed by atoms with van der Waals surface area (Å²) in [7, 11) is 0. The third kappa shape index (κ3) is 4.39. The first kappa shape index (κ1) is 30.7. The molecule has 0 bridgehead atoms. The summed E-state index contributed by atoms with van der Waals surface area (Å²) in [4.78, 5) is 3.73. The van der Waals surface area contributed by atoms with Crippen LogP contribution in [-0.2, 0) is 0 Å². The third-order valence-electron chi connectivity index (χ3n) is 11.1. The van der Waals surface area contributed by atoms with Crippen LogP contribution >= 0.6 is 0 Å². The van der Waals surface area contributed by atoms with E-state index in [4.69, 9.17) is 6.57 Å². The maximum absolute atomic E-state index is 10.6. The van der Waals surface area contributed by atoms with Gasteiger partial charge in [0.25, 0.3) is 0 Å². The molecule has 0 saturated carbocycles. The lowest BCUT2D eigenvalue weighted by molar-refractivity contribution is 1.13. The monoisotopic (exact) mass is 699 g/mol. The van der Waals surface area contributed by atoms with Crippen molar-refractivity contribution in [3.05, 3.63) is 193 Å². The van der Waals surface area contributed by atoms with Crippen LogP contribution in [0.25, 0.3) is 98.5 Å². The van der Waals surface area contributed by atoms with E-state index in [1.54, 1.807) is 0 Å². The molecule has 0 N–H and O–H groups in total. The highest BCUT2D eigenvalue weighted by molar-refractivity contribution is 6.15. The van der Waals surface area contributed by atoms with Gasteiger partial charge in [0.1, 0.15) is 0 Å². The van der Waals surface area contributed by atoms with Gasteiger partial charge in [-0.05, 0) is 77.7 Å². The minimum absolute atomic E-state index is 0.589. The van der Waals surface area contributed by atoms with Crippen LogP contribution in [0.4, 0.5) is 5.69 Å². The van der Waals surface area contributed by atoms with Gasteiger partial charge in [-0.25, -0.2) is 4.85 Å². The first-order valence-electron chi connectivity index (χ1n) is 18.3. The molecule has 0 radical (unpaired) electrons. The highest BCUT2D eigenvalue weighted by atomic mass is 15.1. The number of benzene rings is 8. The van der Waals surface area contributed by atoms with E-state index in [0.717, 1.165) is 72.1 Å². The fourth-order valence-corrected chi connectivity index (χ4v) is 8.84. The molecule has 11 aromatic rings. The normalized spacial score (nSPS) is 11.6. The average molecular weight is 700 g/mol. The summed E-state index contributed by atoms with van der Waals surface area (Å²) in [5.41, 5.74) is 12.5. The van der Waals surface area contributed by atoms with Crippen LogP contribution in [0, 0.1) is 17.9 Å². The molecule has 0 fully saturated rings. The molecule has 55 heavy (non-hydrogen) atoms. The first-order valence-corrected chi connectivity index (χ1v) is 18.3. The molecule has 5 heteroatoms. The van der Waals surface area contributed by atoms with Gasteiger partial charge in [-0.15, -0.1) is 0 Å². The highest BCUT2D eigenvalue weighted by Gasteiger charge is 2.22. The van der Waals surface area contributed by atoms with Crippen molar-refractivity contribution in [1.82, 2.24) is 13.7 Å². The summed E-state index contributed by atoms with van der Waals surface area (Å²) in [6.07, 6.45) is 0. The van der Waals surface area contributed by atoms with Crippen molar-refractivity contribution in [2.45, 2.75) is 0 Å². The van der Waals surface area contributed by atoms with E-state index >= 15 is 0 Å². The number of fused-ring (bicyclic) bond motifs is 9. The van der Waals surface area contributed by atoms with Crippen LogP contribution in [0.5, 0.6) is 0 Å². The van der Waals surface area contributed by atoms with Crippen LogP contribution in [0.2, 0.25) is 0 Å². The SMILES string of the molecule is [C-]#[N+]c1ccc2c(c1)c1ccccc1n2-c1cccc(C#N)c1-c1cccc(-n2c3ccccc3c3cccc(-n4c5ccccc5c5ccccc54)c32)c1. The lowest BCUT2D eigenvalue weighted by atomic mass is 9.97. The van der Waals surface area contributed by atoms with Crippen molar-refractivity contribution < 1.29 is 0 Å². The van der Waals surface area contributed by atoms with E-state index in [0.29, 0.717) is 11.3 Å². The van der Waals surface area contributed by atoms with E-state index < -0.39 is 0 Å². The van der Waals surface area contributed by atoms with Crippen molar-refractivity contribution in [3.8, 4) is 34.3 Å². The Morgan fingerprint density at radius 2 is 0.945 bits per heavy atom. The van der Waals surface area contributed by atoms with Crippen molar-refractivity contribution in [3.63, 3.8) is 0 Å². The second-order valence-electron chi connectivity index (χ2n) is 13.9. The molecular weight excluding hydrogens is 671 g/mol. The number of nitriles is 1. The van der Waals surface area contributed by atoms with Crippen LogP contribution in [0.15, 0.2) is 176 Å². The molecule has 3 heterocycles. The highest BCUT2D eigenvalue weighted by Crippen LogP contribution is 2.42. The van der Waals surface area contributed by atoms with Crippen LogP contribution < -0.4 is 0 Å². The van der Waals surface area contributed by atoms with Crippen LogP contribution in [0.1, 0.15) is 5.56 Å². The number of hydrogen-bond donors (Lipinski definition) is 0. The Morgan fingerprint density at radius 1 is 0.436 bits per heavy atom. The number of rotatable bonds is 4. The predicted octanol–water partition coefficient (Wildman–Crippen LogP) is 13.1. The zero-order valence-corrected chi connectivity index (χ0v) is 29.5. The van der Waals surface area contributed by atoms with Crippen LogP contribution in [-0.4, -0.2) is 13.7 Å². The molecule has 0 spiro atoms. The van der Waals surface area contributed by atoms with Gasteiger partial charge >= 0.3 is 0 Å². The molecule has 0 atom stereocenters. The van der Waals surface area contributed by atoms with Gasteiger partial charge in [-0.1, -0.05) is 109 Å². The molecular formula is C50H29N5. The average Bonchev–Trinajstić information content (AvgIpc) is 3.89. The summed E-state index contributed by atoms with van der Waals surface area (Å²) in [6, 6.07) is 63.7. The molecule has 0 aliphatic carbocycles. The molecule has 0 amide bonds. The molecule has 5 nitrogen and oxygen atoms in total. The van der Waals surface area contributed by atoms with Gasteiger partial charge in [-0.2, -0.15) is 5.26 Å². The molecule has 3 aromatic heterocycles. The van der Waals surface area contributed by atoms with Crippen molar-refractivity contribution in [2.75, 3.05) is 0 Å². The largest absolute Gasteiger partial charge is 0.309 e. The molecule has 0 aliphatic heterocycles.